The van der Waals surface area contributed by atoms with Crippen molar-refractivity contribution in [2.45, 2.75) is 24.0 Å². The van der Waals surface area contributed by atoms with Crippen LogP contribution in [0, 0.1) is 17.0 Å². The molecule has 0 aliphatic heterocycles. The summed E-state index contributed by atoms with van der Waals surface area (Å²) in [6.07, 6.45) is 0. The van der Waals surface area contributed by atoms with Crippen molar-refractivity contribution in [1.82, 2.24) is 0 Å². The number of hydrogen-bond acceptors (Lipinski definition) is 5. The number of anilines is 2. The van der Waals surface area contributed by atoms with Crippen molar-refractivity contribution < 1.29 is 14.5 Å². The van der Waals surface area contributed by atoms with Gasteiger partial charge in [-0.1, -0.05) is 24.3 Å². The van der Waals surface area contributed by atoms with E-state index in [1.165, 1.54) is 23.9 Å². The van der Waals surface area contributed by atoms with Gasteiger partial charge in [0.15, 0.2) is 0 Å². The number of amides is 2. The van der Waals surface area contributed by atoms with Crippen molar-refractivity contribution in [2.75, 3.05) is 10.6 Å². The van der Waals surface area contributed by atoms with Crippen molar-refractivity contribution in [3.05, 3.63) is 94.0 Å². The fraction of sp³-hybridized carbons (Fsp3) is 0.130. The molecule has 0 saturated heterocycles. The fourth-order valence-corrected chi connectivity index (χ4v) is 3.74. The Hall–Kier alpha value is -3.65. The summed E-state index contributed by atoms with van der Waals surface area (Å²) in [4.78, 5) is 36.4. The molecule has 8 heteroatoms. The standard InChI is InChI=1S/C23H21N3O4S/c1-15-20(23(28)24-17-7-4-3-5-8-17)9-6-10-21(15)25-22(27)16(2)31-19-13-11-18(12-14-19)26(29)30/h3-14,16H,1-2H3,(H,24,28)(H,25,27). The van der Waals surface area contributed by atoms with E-state index in [2.05, 4.69) is 10.6 Å². The molecule has 1 atom stereocenters. The largest absolute Gasteiger partial charge is 0.325 e. The van der Waals surface area contributed by atoms with Gasteiger partial charge in [-0.25, -0.2) is 0 Å². The second-order valence-corrected chi connectivity index (χ2v) is 8.21. The Balaban J connectivity index is 1.67. The third kappa shape index (κ3) is 5.70. The molecule has 31 heavy (non-hydrogen) atoms. The Labute approximate surface area is 184 Å². The van der Waals surface area contributed by atoms with E-state index in [0.29, 0.717) is 22.5 Å². The quantitative estimate of drug-likeness (QED) is 0.299. The first kappa shape index (κ1) is 22.0. The minimum atomic E-state index is -0.464. The molecule has 7 nitrogen and oxygen atoms in total. The molecule has 3 aromatic rings. The van der Waals surface area contributed by atoms with Gasteiger partial charge in [0.05, 0.1) is 10.2 Å². The van der Waals surface area contributed by atoms with Gasteiger partial charge in [-0.2, -0.15) is 0 Å². The molecule has 0 aliphatic carbocycles. The molecule has 0 radical (unpaired) electrons. The van der Waals surface area contributed by atoms with Crippen LogP contribution in [0.1, 0.15) is 22.8 Å². The molecule has 0 aromatic heterocycles. The van der Waals surface area contributed by atoms with Gasteiger partial charge in [-0.05, 0) is 55.8 Å². The van der Waals surface area contributed by atoms with E-state index in [9.17, 15) is 19.7 Å². The number of carbonyl (C=O) groups is 2. The first-order valence-corrected chi connectivity index (χ1v) is 10.4. The van der Waals surface area contributed by atoms with Crippen molar-refractivity contribution in [3.63, 3.8) is 0 Å². The Morgan fingerprint density at radius 2 is 1.61 bits per heavy atom. The van der Waals surface area contributed by atoms with Crippen molar-refractivity contribution in [3.8, 4) is 0 Å². The molecule has 1 unspecified atom stereocenters. The normalized spacial score (nSPS) is 11.4. The van der Waals surface area contributed by atoms with E-state index < -0.39 is 10.2 Å². The van der Waals surface area contributed by atoms with E-state index in [1.807, 2.05) is 18.2 Å². The summed E-state index contributed by atoms with van der Waals surface area (Å²) >= 11 is 1.30. The number of para-hydroxylation sites is 1. The highest BCUT2D eigenvalue weighted by molar-refractivity contribution is 8.00. The monoisotopic (exact) mass is 435 g/mol. The van der Waals surface area contributed by atoms with E-state index in [0.717, 1.165) is 4.90 Å². The lowest BCUT2D eigenvalue weighted by Crippen LogP contribution is -2.23. The number of nitro groups is 1. The number of hydrogen-bond donors (Lipinski definition) is 2. The summed E-state index contributed by atoms with van der Waals surface area (Å²) in [5.41, 5.74) is 2.38. The van der Waals surface area contributed by atoms with Crippen LogP contribution in [0.5, 0.6) is 0 Å². The average Bonchev–Trinajstić information content (AvgIpc) is 2.76. The minimum absolute atomic E-state index is 0.00248. The maximum Gasteiger partial charge on any atom is 0.269 e. The van der Waals surface area contributed by atoms with E-state index in [1.54, 1.807) is 56.3 Å². The Morgan fingerprint density at radius 1 is 0.935 bits per heavy atom. The predicted octanol–water partition coefficient (Wildman–Crippen LogP) is 5.27. The summed E-state index contributed by atoms with van der Waals surface area (Å²) in [5, 5.41) is 16.0. The second-order valence-electron chi connectivity index (χ2n) is 6.80. The number of nitrogens with zero attached hydrogens (tertiary/aromatic N) is 1. The number of nitro benzene ring substituents is 1. The molecule has 3 aromatic carbocycles. The van der Waals surface area contributed by atoms with E-state index in [-0.39, 0.29) is 17.5 Å². The summed E-state index contributed by atoms with van der Waals surface area (Å²) in [6.45, 7) is 3.53. The number of nitrogens with one attached hydrogen (secondary N) is 2. The molecule has 0 fully saturated rings. The first-order valence-electron chi connectivity index (χ1n) is 9.53. The maximum absolute atomic E-state index is 12.7. The van der Waals surface area contributed by atoms with Gasteiger partial charge in [0.25, 0.3) is 11.6 Å². The van der Waals surface area contributed by atoms with Gasteiger partial charge in [-0.3, -0.25) is 19.7 Å². The SMILES string of the molecule is Cc1c(NC(=O)C(C)Sc2ccc([N+](=O)[O-])cc2)cccc1C(=O)Nc1ccccc1. The first-order chi connectivity index (χ1) is 14.8. The average molecular weight is 436 g/mol. The predicted molar refractivity (Wildman–Crippen MR) is 123 cm³/mol. The van der Waals surface area contributed by atoms with E-state index >= 15 is 0 Å². The van der Waals surface area contributed by atoms with Gasteiger partial charge in [0, 0.05) is 34.0 Å². The van der Waals surface area contributed by atoms with Crippen LogP contribution in [0.2, 0.25) is 0 Å². The summed E-state index contributed by atoms with van der Waals surface area (Å²) in [6, 6.07) is 20.4. The number of carbonyl (C=O) groups excluding carboxylic acids is 2. The van der Waals surface area contributed by atoms with Crippen LogP contribution in [0.15, 0.2) is 77.7 Å². The van der Waals surface area contributed by atoms with Crippen LogP contribution in [-0.4, -0.2) is 22.0 Å². The van der Waals surface area contributed by atoms with Gasteiger partial charge in [0.1, 0.15) is 0 Å². The molecule has 2 amide bonds. The van der Waals surface area contributed by atoms with Crippen LogP contribution in [0.25, 0.3) is 0 Å². The zero-order valence-electron chi connectivity index (χ0n) is 17.0. The van der Waals surface area contributed by atoms with Crippen molar-refractivity contribution >= 4 is 40.6 Å². The number of rotatable bonds is 7. The topological polar surface area (TPSA) is 101 Å². The van der Waals surface area contributed by atoms with Crippen LogP contribution in [0.3, 0.4) is 0 Å². The molecule has 0 bridgehead atoms. The molecular formula is C23H21N3O4S. The number of benzene rings is 3. The van der Waals surface area contributed by atoms with E-state index in [4.69, 9.17) is 0 Å². The number of non-ortho nitro benzene ring substituents is 1. The summed E-state index contributed by atoms with van der Waals surface area (Å²) in [7, 11) is 0. The van der Waals surface area contributed by atoms with Crippen LogP contribution >= 0.6 is 11.8 Å². The van der Waals surface area contributed by atoms with Crippen LogP contribution < -0.4 is 10.6 Å². The molecule has 0 saturated carbocycles. The van der Waals surface area contributed by atoms with Gasteiger partial charge in [-0.15, -0.1) is 11.8 Å². The smallest absolute Gasteiger partial charge is 0.269 e. The summed E-state index contributed by atoms with van der Waals surface area (Å²) in [5.74, 6) is -0.486. The van der Waals surface area contributed by atoms with Gasteiger partial charge < -0.3 is 10.6 Å². The highest BCUT2D eigenvalue weighted by atomic mass is 32.2. The lowest BCUT2D eigenvalue weighted by molar-refractivity contribution is -0.384. The highest BCUT2D eigenvalue weighted by Gasteiger charge is 2.18. The second kappa shape index (κ2) is 9.90. The minimum Gasteiger partial charge on any atom is -0.325 e. The molecule has 0 spiro atoms. The summed E-state index contributed by atoms with van der Waals surface area (Å²) < 4.78 is 0. The molecule has 158 valence electrons. The third-order valence-electron chi connectivity index (χ3n) is 4.60. The highest BCUT2D eigenvalue weighted by Crippen LogP contribution is 2.27. The zero-order chi connectivity index (χ0) is 22.4. The Bertz CT molecular complexity index is 1100. The van der Waals surface area contributed by atoms with Crippen LogP contribution in [0.4, 0.5) is 17.1 Å². The van der Waals surface area contributed by atoms with Crippen molar-refractivity contribution in [2.24, 2.45) is 0 Å². The zero-order valence-corrected chi connectivity index (χ0v) is 17.8. The third-order valence-corrected chi connectivity index (χ3v) is 5.71. The van der Waals surface area contributed by atoms with Crippen LogP contribution in [-0.2, 0) is 4.79 Å². The Kier molecular flexibility index (Phi) is 7.04. The van der Waals surface area contributed by atoms with Crippen molar-refractivity contribution in [1.29, 1.82) is 0 Å². The lowest BCUT2D eigenvalue weighted by Gasteiger charge is -2.15. The number of thioether (sulfide) groups is 1. The Morgan fingerprint density at radius 3 is 2.26 bits per heavy atom. The fourth-order valence-electron chi connectivity index (χ4n) is 2.88. The van der Waals surface area contributed by atoms with Gasteiger partial charge in [0.2, 0.25) is 5.91 Å². The molecule has 2 N–H and O–H groups in total. The molecule has 0 aliphatic rings. The lowest BCUT2D eigenvalue weighted by atomic mass is 10.1. The molecule has 0 heterocycles. The molecule has 3 rings (SSSR count). The maximum atomic E-state index is 12.7. The van der Waals surface area contributed by atoms with Gasteiger partial charge >= 0.3 is 0 Å². The molecular weight excluding hydrogens is 414 g/mol.